The number of carbonyl (C=O) groups is 5. The van der Waals surface area contributed by atoms with Gasteiger partial charge in [-0.25, -0.2) is 4.79 Å². The minimum Gasteiger partial charge on any atom is -0.447 e. The summed E-state index contributed by atoms with van der Waals surface area (Å²) in [5.74, 6) is -1.26. The highest BCUT2D eigenvalue weighted by Crippen LogP contribution is 2.33. The van der Waals surface area contributed by atoms with Gasteiger partial charge in [0, 0.05) is 50.4 Å². The molecule has 4 rings (SSSR count). The van der Waals surface area contributed by atoms with Crippen LogP contribution in [0.1, 0.15) is 110 Å². The standard InChI is InChI=1S/C41H62BN6O8/c1-7-20-54-25-31(44-35(49)17-19-48-37(51)22-34(27(2)3)39(48)52)26-55-21-18-36(50)45-42-46-40(53)56-32-9-8-10-33-30(15-16-32)24-43-47-38(33)29-13-11-28(12-14-29)23-41(4,5)6/h11-14,24,27,31-34,43H,7-10,15-23,25-26H2,1-6H3,(H,44,49)(H,45,50)(H,46,53). The van der Waals surface area contributed by atoms with Crippen molar-refractivity contribution in [2.45, 2.75) is 118 Å². The monoisotopic (exact) mass is 777 g/mol. The first kappa shape index (κ1) is 44.5. The molecule has 0 spiro atoms. The van der Waals surface area contributed by atoms with Crippen LogP contribution < -0.4 is 21.2 Å². The number of benzene rings is 1. The van der Waals surface area contributed by atoms with E-state index in [4.69, 9.17) is 14.2 Å². The Bertz CT molecular complexity index is 1560. The Morgan fingerprint density at radius 2 is 1.71 bits per heavy atom. The van der Waals surface area contributed by atoms with Crippen LogP contribution in [0, 0.1) is 23.2 Å². The number of fused-ring (bicyclic) bond motifs is 1. The lowest BCUT2D eigenvalue weighted by atomic mass is 9.80. The Hall–Kier alpha value is -4.24. The second kappa shape index (κ2) is 21.9. The van der Waals surface area contributed by atoms with Crippen molar-refractivity contribution in [3.05, 3.63) is 47.2 Å². The molecule has 1 aliphatic carbocycles. The van der Waals surface area contributed by atoms with Crippen molar-refractivity contribution in [2.75, 3.05) is 33.0 Å². The summed E-state index contributed by atoms with van der Waals surface area (Å²) in [6.07, 6.45) is 7.01. The number of likely N-dealkylation sites (tertiary alicyclic amines) is 1. The van der Waals surface area contributed by atoms with Gasteiger partial charge in [-0.15, -0.1) is 0 Å². The van der Waals surface area contributed by atoms with Crippen molar-refractivity contribution in [2.24, 2.45) is 28.3 Å². The minimum absolute atomic E-state index is 0.0131. The first-order chi connectivity index (χ1) is 26.7. The number of hydrogen-bond acceptors (Lipinski definition) is 10. The number of carbonyl (C=O) groups excluding carboxylic acids is 5. The zero-order chi connectivity index (χ0) is 40.7. The summed E-state index contributed by atoms with van der Waals surface area (Å²) < 4.78 is 17.0. The maximum atomic E-state index is 12.7. The number of rotatable bonds is 19. The predicted molar refractivity (Wildman–Crippen MR) is 214 cm³/mol. The first-order valence-corrected chi connectivity index (χ1v) is 20.2. The Balaban J connectivity index is 1.11. The number of hydrazone groups is 1. The quantitative estimate of drug-likeness (QED) is 0.0894. The van der Waals surface area contributed by atoms with Gasteiger partial charge in [-0.2, -0.15) is 5.10 Å². The predicted octanol–water partition coefficient (Wildman–Crippen LogP) is 4.53. The summed E-state index contributed by atoms with van der Waals surface area (Å²) in [6, 6.07) is 8.25. The van der Waals surface area contributed by atoms with Gasteiger partial charge in [0.1, 0.15) is 6.10 Å². The number of nitrogens with one attached hydrogen (secondary N) is 4. The normalized spacial score (nSPS) is 20.5. The molecule has 1 saturated carbocycles. The maximum Gasteiger partial charge on any atom is 0.396 e. The van der Waals surface area contributed by atoms with Crippen molar-refractivity contribution < 1.29 is 38.2 Å². The van der Waals surface area contributed by atoms with E-state index in [0.717, 1.165) is 57.3 Å². The van der Waals surface area contributed by atoms with E-state index in [9.17, 15) is 24.0 Å². The summed E-state index contributed by atoms with van der Waals surface area (Å²) in [5, 5.41) is 12.5. The van der Waals surface area contributed by atoms with E-state index < -0.39 is 12.1 Å². The molecule has 5 amide bonds. The second-order valence-corrected chi connectivity index (χ2v) is 16.5. The third-order valence-electron chi connectivity index (χ3n) is 10.1. The fourth-order valence-electron chi connectivity index (χ4n) is 7.22. The van der Waals surface area contributed by atoms with E-state index in [1.54, 1.807) is 0 Å². The van der Waals surface area contributed by atoms with Crippen molar-refractivity contribution in [1.29, 1.82) is 0 Å². The Morgan fingerprint density at radius 1 is 0.982 bits per heavy atom. The van der Waals surface area contributed by atoms with Gasteiger partial charge in [-0.3, -0.25) is 29.5 Å². The van der Waals surface area contributed by atoms with Crippen LogP contribution in [0.5, 0.6) is 0 Å². The average molecular weight is 778 g/mol. The van der Waals surface area contributed by atoms with E-state index >= 15 is 0 Å². The number of allylic oxidation sites excluding steroid dienone is 1. The highest BCUT2D eigenvalue weighted by Gasteiger charge is 2.40. The molecular weight excluding hydrogens is 715 g/mol. The largest absolute Gasteiger partial charge is 0.447 e. The Labute approximate surface area is 333 Å². The summed E-state index contributed by atoms with van der Waals surface area (Å²) in [6.45, 7) is 13.4. The highest BCUT2D eigenvalue weighted by atomic mass is 16.6. The van der Waals surface area contributed by atoms with E-state index in [2.05, 4.69) is 71.3 Å². The molecule has 2 heterocycles. The van der Waals surface area contributed by atoms with Crippen LogP contribution in [0.3, 0.4) is 0 Å². The number of nitrogens with zero attached hydrogens (tertiary/aromatic N) is 2. The van der Waals surface area contributed by atoms with Gasteiger partial charge in [0.25, 0.3) is 0 Å². The third-order valence-corrected chi connectivity index (χ3v) is 10.1. The number of hydrogen-bond donors (Lipinski definition) is 4. The lowest BCUT2D eigenvalue weighted by molar-refractivity contribution is -0.140. The highest BCUT2D eigenvalue weighted by molar-refractivity contribution is 6.37. The molecule has 3 aliphatic rings. The molecule has 1 aromatic carbocycles. The fourth-order valence-corrected chi connectivity index (χ4v) is 7.22. The van der Waals surface area contributed by atoms with Gasteiger partial charge in [0.2, 0.25) is 23.6 Å². The molecule has 56 heavy (non-hydrogen) atoms. The zero-order valence-electron chi connectivity index (χ0n) is 34.1. The van der Waals surface area contributed by atoms with E-state index in [-0.39, 0.29) is 98.5 Å². The molecule has 1 radical (unpaired) electrons. The molecule has 2 aliphatic heterocycles. The molecule has 14 nitrogen and oxygen atoms in total. The van der Waals surface area contributed by atoms with Crippen LogP contribution in [0.25, 0.3) is 0 Å². The van der Waals surface area contributed by atoms with Crippen molar-refractivity contribution in [1.82, 2.24) is 26.1 Å². The molecule has 1 saturated heterocycles. The van der Waals surface area contributed by atoms with Crippen LogP contribution in [0.15, 0.2) is 41.1 Å². The molecule has 0 aromatic heterocycles. The second-order valence-electron chi connectivity index (χ2n) is 16.5. The van der Waals surface area contributed by atoms with E-state index in [1.807, 2.05) is 27.0 Å². The van der Waals surface area contributed by atoms with Gasteiger partial charge in [-0.05, 0) is 73.0 Å². The van der Waals surface area contributed by atoms with Crippen molar-refractivity contribution >= 4 is 43.0 Å². The smallest absolute Gasteiger partial charge is 0.396 e. The molecule has 4 atom stereocenters. The average Bonchev–Trinajstić information content (AvgIpc) is 3.42. The Morgan fingerprint density at radius 3 is 2.39 bits per heavy atom. The third kappa shape index (κ3) is 14.4. The molecule has 4 unspecified atom stereocenters. The molecule has 1 aromatic rings. The van der Waals surface area contributed by atoms with Crippen molar-refractivity contribution in [3.8, 4) is 0 Å². The molecule has 15 heteroatoms. The van der Waals surface area contributed by atoms with Gasteiger partial charge in [-0.1, -0.05) is 65.8 Å². The maximum absolute atomic E-state index is 12.7. The Kier molecular flexibility index (Phi) is 17.4. The van der Waals surface area contributed by atoms with Gasteiger partial charge in [0.15, 0.2) is 0 Å². The van der Waals surface area contributed by atoms with Gasteiger partial charge >= 0.3 is 13.6 Å². The summed E-state index contributed by atoms with van der Waals surface area (Å²) >= 11 is 0. The zero-order valence-corrected chi connectivity index (χ0v) is 34.1. The topological polar surface area (TPSA) is 177 Å². The molecule has 307 valence electrons. The molecule has 0 bridgehead atoms. The number of amides is 5. The number of ether oxygens (including phenoxy) is 3. The number of imide groups is 1. The summed E-state index contributed by atoms with van der Waals surface area (Å²) in [4.78, 5) is 63.8. The van der Waals surface area contributed by atoms with Crippen LogP contribution in [0.4, 0.5) is 4.79 Å². The van der Waals surface area contributed by atoms with Crippen LogP contribution in [-0.4, -0.2) is 93.0 Å². The van der Waals surface area contributed by atoms with Crippen molar-refractivity contribution in [3.63, 3.8) is 0 Å². The lowest BCUT2D eigenvalue weighted by Gasteiger charge is -2.30. The molecular formula is C41H62BN6O8. The fraction of sp³-hybridized carbons (Fsp3) is 0.659. The first-order valence-electron chi connectivity index (χ1n) is 20.2. The van der Waals surface area contributed by atoms with Crippen LogP contribution in [0.2, 0.25) is 0 Å². The summed E-state index contributed by atoms with van der Waals surface area (Å²) in [7, 11) is 1.16. The summed E-state index contributed by atoms with van der Waals surface area (Å²) in [5.41, 5.74) is 8.05. The van der Waals surface area contributed by atoms with Gasteiger partial charge < -0.3 is 30.0 Å². The van der Waals surface area contributed by atoms with E-state index in [1.165, 1.54) is 16.0 Å². The minimum atomic E-state index is -0.638. The van der Waals surface area contributed by atoms with Gasteiger partial charge in [0.05, 0.1) is 31.6 Å². The SMILES string of the molecule is CCCOCC(COCCC(=O)N[B]NC(=O)OC1CCCC2C(=CNN=C2c2ccc(CC(C)(C)C)cc2)CC1)NC(=O)CCN1C(=O)CC(C(C)C)C1=O. The lowest BCUT2D eigenvalue weighted by Crippen LogP contribution is -2.44. The molecule has 2 fully saturated rings. The van der Waals surface area contributed by atoms with Crippen LogP contribution >= 0.6 is 0 Å². The van der Waals surface area contributed by atoms with E-state index in [0.29, 0.717) is 13.0 Å². The molecule has 4 N–H and O–H groups in total. The van der Waals surface area contributed by atoms with Crippen LogP contribution in [-0.2, 0) is 39.8 Å².